The number of amides is 1. The molecule has 1 atom stereocenters. The molecule has 4 nitrogen and oxygen atoms in total. The highest BCUT2D eigenvalue weighted by Crippen LogP contribution is 2.26. The lowest BCUT2D eigenvalue weighted by atomic mass is 10.2. The molecule has 0 radical (unpaired) electrons. The Morgan fingerprint density at radius 1 is 1.36 bits per heavy atom. The summed E-state index contributed by atoms with van der Waals surface area (Å²) >= 11 is 3.17. The lowest BCUT2D eigenvalue weighted by Gasteiger charge is -2.16. The Labute approximate surface area is 135 Å². The van der Waals surface area contributed by atoms with Crippen molar-refractivity contribution >= 4 is 27.5 Å². The first kappa shape index (κ1) is 16.0. The average molecular weight is 363 g/mol. The van der Waals surface area contributed by atoms with Crippen LogP contribution in [0.2, 0.25) is 0 Å². The molecule has 0 saturated carbocycles. The van der Waals surface area contributed by atoms with Gasteiger partial charge in [-0.1, -0.05) is 12.1 Å². The lowest BCUT2D eigenvalue weighted by molar-refractivity contribution is -0.122. The molecular weight excluding hydrogens is 351 g/mol. The number of ether oxygens (including phenoxy) is 1. The predicted molar refractivity (Wildman–Crippen MR) is 84.0 cm³/mol. The summed E-state index contributed by atoms with van der Waals surface area (Å²) in [6.07, 6.45) is -0.812. The van der Waals surface area contributed by atoms with E-state index in [2.05, 4.69) is 21.2 Å². The van der Waals surface area contributed by atoms with Crippen LogP contribution in [0.25, 0.3) is 0 Å². The number of carbonyl (C=O) groups is 1. The van der Waals surface area contributed by atoms with Gasteiger partial charge >= 0.3 is 0 Å². The Morgan fingerprint density at radius 2 is 2.09 bits per heavy atom. The zero-order valence-electron chi connectivity index (χ0n) is 11.6. The van der Waals surface area contributed by atoms with E-state index < -0.39 is 17.8 Å². The molecule has 0 bridgehead atoms. The number of nitriles is 1. The summed E-state index contributed by atoms with van der Waals surface area (Å²) in [5.74, 6) is -0.448. The van der Waals surface area contributed by atoms with Crippen LogP contribution in [0.15, 0.2) is 46.9 Å². The third-order valence-electron chi connectivity index (χ3n) is 2.87. The third kappa shape index (κ3) is 3.83. The van der Waals surface area contributed by atoms with Crippen molar-refractivity contribution in [1.29, 1.82) is 5.26 Å². The van der Waals surface area contributed by atoms with Crippen LogP contribution in [0.4, 0.5) is 10.1 Å². The molecule has 22 heavy (non-hydrogen) atoms. The molecule has 112 valence electrons. The van der Waals surface area contributed by atoms with Crippen molar-refractivity contribution in [2.24, 2.45) is 0 Å². The summed E-state index contributed by atoms with van der Waals surface area (Å²) in [6, 6.07) is 12.6. The number of nitrogens with one attached hydrogen (secondary N) is 1. The van der Waals surface area contributed by atoms with E-state index in [-0.39, 0.29) is 0 Å². The van der Waals surface area contributed by atoms with Crippen molar-refractivity contribution in [3.05, 3.63) is 58.3 Å². The van der Waals surface area contributed by atoms with E-state index in [0.717, 1.165) is 0 Å². The zero-order valence-corrected chi connectivity index (χ0v) is 13.2. The first-order chi connectivity index (χ1) is 10.5. The molecule has 0 saturated heterocycles. The maximum Gasteiger partial charge on any atom is 0.265 e. The largest absolute Gasteiger partial charge is 0.480 e. The molecule has 0 aliphatic rings. The smallest absolute Gasteiger partial charge is 0.265 e. The minimum absolute atomic E-state index is 0.359. The summed E-state index contributed by atoms with van der Waals surface area (Å²) in [5, 5.41) is 11.6. The topological polar surface area (TPSA) is 62.1 Å². The number of nitrogens with zero attached hydrogens (tertiary/aromatic N) is 1. The van der Waals surface area contributed by atoms with Gasteiger partial charge < -0.3 is 10.1 Å². The van der Waals surface area contributed by atoms with Crippen LogP contribution in [0.3, 0.4) is 0 Å². The number of carbonyl (C=O) groups excluding carboxylic acids is 1. The van der Waals surface area contributed by atoms with E-state index in [9.17, 15) is 9.18 Å². The van der Waals surface area contributed by atoms with E-state index in [1.54, 1.807) is 31.2 Å². The van der Waals surface area contributed by atoms with E-state index in [1.165, 1.54) is 18.2 Å². The third-order valence-corrected chi connectivity index (χ3v) is 3.49. The number of anilines is 1. The van der Waals surface area contributed by atoms with E-state index in [4.69, 9.17) is 10.00 Å². The molecule has 0 aliphatic carbocycles. The second kappa shape index (κ2) is 7.05. The molecule has 1 N–H and O–H groups in total. The van der Waals surface area contributed by atoms with Crippen molar-refractivity contribution in [2.75, 3.05) is 5.32 Å². The number of halogens is 2. The summed E-state index contributed by atoms with van der Waals surface area (Å²) in [7, 11) is 0. The second-order valence-corrected chi connectivity index (χ2v) is 5.34. The Bertz CT molecular complexity index is 743. The molecule has 2 aromatic carbocycles. The number of hydrogen-bond donors (Lipinski definition) is 1. The van der Waals surface area contributed by atoms with Crippen LogP contribution in [0, 0.1) is 17.1 Å². The van der Waals surface area contributed by atoms with Gasteiger partial charge in [-0.2, -0.15) is 5.26 Å². The normalized spacial score (nSPS) is 11.4. The van der Waals surface area contributed by atoms with E-state index in [0.29, 0.717) is 21.5 Å². The predicted octanol–water partition coefficient (Wildman–Crippen LogP) is 3.87. The van der Waals surface area contributed by atoms with Crippen LogP contribution in [-0.2, 0) is 4.79 Å². The molecule has 2 rings (SSSR count). The van der Waals surface area contributed by atoms with Gasteiger partial charge in [0.15, 0.2) is 6.10 Å². The minimum Gasteiger partial charge on any atom is -0.480 e. The van der Waals surface area contributed by atoms with Crippen molar-refractivity contribution in [2.45, 2.75) is 13.0 Å². The molecule has 6 heteroatoms. The maximum absolute atomic E-state index is 13.0. The van der Waals surface area contributed by atoms with Gasteiger partial charge in [0.05, 0.1) is 15.7 Å². The summed E-state index contributed by atoms with van der Waals surface area (Å²) in [4.78, 5) is 12.1. The number of benzene rings is 2. The van der Waals surface area contributed by atoms with Gasteiger partial charge in [-0.25, -0.2) is 4.39 Å². The van der Waals surface area contributed by atoms with Crippen molar-refractivity contribution in [3.63, 3.8) is 0 Å². The Balaban J connectivity index is 2.08. The van der Waals surface area contributed by atoms with Crippen molar-refractivity contribution in [1.82, 2.24) is 0 Å². The summed E-state index contributed by atoms with van der Waals surface area (Å²) in [5.41, 5.74) is 0.787. The zero-order chi connectivity index (χ0) is 16.1. The van der Waals surface area contributed by atoms with Crippen molar-refractivity contribution < 1.29 is 13.9 Å². The fourth-order valence-corrected chi connectivity index (χ4v) is 2.18. The van der Waals surface area contributed by atoms with Gasteiger partial charge in [-0.15, -0.1) is 0 Å². The lowest BCUT2D eigenvalue weighted by Crippen LogP contribution is -2.30. The monoisotopic (exact) mass is 362 g/mol. The fraction of sp³-hybridized carbons (Fsp3) is 0.125. The van der Waals surface area contributed by atoms with Gasteiger partial charge in [-0.3, -0.25) is 4.79 Å². The number of rotatable bonds is 4. The van der Waals surface area contributed by atoms with E-state index in [1.807, 2.05) is 6.07 Å². The fourth-order valence-electron chi connectivity index (χ4n) is 1.74. The molecule has 0 fully saturated rings. The van der Waals surface area contributed by atoms with Crippen molar-refractivity contribution in [3.8, 4) is 11.8 Å². The maximum atomic E-state index is 13.0. The molecule has 1 amide bonds. The standard InChI is InChI=1S/C16H12BrFN2O2/c1-10(22-15-7-6-12(18)8-13(15)17)16(21)20-14-5-3-2-4-11(14)9-19/h2-8,10H,1H3,(H,20,21)/t10-/m1/s1. The van der Waals surface area contributed by atoms with Crippen LogP contribution in [0.1, 0.15) is 12.5 Å². The molecule has 0 aromatic heterocycles. The minimum atomic E-state index is -0.812. The van der Waals surface area contributed by atoms with Gasteiger partial charge in [0, 0.05) is 0 Å². The highest BCUT2D eigenvalue weighted by molar-refractivity contribution is 9.10. The number of para-hydroxylation sites is 1. The molecule has 0 unspecified atom stereocenters. The Kier molecular flexibility index (Phi) is 5.12. The summed E-state index contributed by atoms with van der Waals surface area (Å²) in [6.45, 7) is 1.57. The molecule has 0 aliphatic heterocycles. The Morgan fingerprint density at radius 3 is 2.77 bits per heavy atom. The van der Waals surface area contributed by atoms with Crippen LogP contribution in [0.5, 0.6) is 5.75 Å². The first-order valence-corrected chi connectivity index (χ1v) is 7.22. The molecular formula is C16H12BrFN2O2. The average Bonchev–Trinajstić information content (AvgIpc) is 2.50. The molecule has 0 heterocycles. The van der Waals surface area contributed by atoms with Gasteiger partial charge in [0.1, 0.15) is 17.6 Å². The Hall–Kier alpha value is -2.39. The summed E-state index contributed by atoms with van der Waals surface area (Å²) < 4.78 is 18.9. The SMILES string of the molecule is C[C@@H](Oc1ccc(F)cc1Br)C(=O)Nc1ccccc1C#N. The van der Waals surface area contributed by atoms with E-state index >= 15 is 0 Å². The molecule has 0 spiro atoms. The van der Waals surface area contributed by atoms with Gasteiger partial charge in [0.25, 0.3) is 5.91 Å². The highest BCUT2D eigenvalue weighted by atomic mass is 79.9. The number of hydrogen-bond acceptors (Lipinski definition) is 3. The van der Waals surface area contributed by atoms with Gasteiger partial charge in [-0.05, 0) is 53.2 Å². The van der Waals surface area contributed by atoms with Gasteiger partial charge in [0.2, 0.25) is 0 Å². The second-order valence-electron chi connectivity index (χ2n) is 4.48. The van der Waals surface area contributed by atoms with Crippen LogP contribution < -0.4 is 10.1 Å². The van der Waals surface area contributed by atoms with Crippen LogP contribution >= 0.6 is 15.9 Å². The van der Waals surface area contributed by atoms with Crippen LogP contribution in [-0.4, -0.2) is 12.0 Å². The highest BCUT2D eigenvalue weighted by Gasteiger charge is 2.17. The molecule has 2 aromatic rings. The first-order valence-electron chi connectivity index (χ1n) is 6.43. The quantitative estimate of drug-likeness (QED) is 0.897.